The minimum Gasteiger partial charge on any atom is -0.495 e. The number of para-hydroxylation sites is 2. The summed E-state index contributed by atoms with van der Waals surface area (Å²) in [5.74, 6) is 1.51. The average Bonchev–Trinajstić information content (AvgIpc) is 2.71. The molecule has 0 unspecified atom stereocenters. The third-order valence-corrected chi connectivity index (χ3v) is 3.07. The normalized spacial score (nSPS) is 10.1. The standard InChI is InChI=1S/C14H16N4O/c1-10-11(9-15)14(18(3)16-10)17(2)12-7-5-6-8-13(12)19-4/h5-8H,1-4H3. The lowest BCUT2D eigenvalue weighted by atomic mass is 10.2. The number of nitrogens with zero attached hydrogens (tertiary/aromatic N) is 4. The van der Waals surface area contributed by atoms with Gasteiger partial charge in [0.05, 0.1) is 18.5 Å². The van der Waals surface area contributed by atoms with Crippen LogP contribution in [-0.2, 0) is 7.05 Å². The fraction of sp³-hybridized carbons (Fsp3) is 0.286. The zero-order chi connectivity index (χ0) is 14.0. The van der Waals surface area contributed by atoms with Crippen molar-refractivity contribution < 1.29 is 4.74 Å². The van der Waals surface area contributed by atoms with E-state index in [4.69, 9.17) is 4.74 Å². The van der Waals surface area contributed by atoms with Gasteiger partial charge in [0.2, 0.25) is 0 Å². The summed E-state index contributed by atoms with van der Waals surface area (Å²) in [6.07, 6.45) is 0. The van der Waals surface area contributed by atoms with Gasteiger partial charge in [0.15, 0.2) is 0 Å². The highest BCUT2D eigenvalue weighted by Gasteiger charge is 2.19. The summed E-state index contributed by atoms with van der Waals surface area (Å²) in [6, 6.07) is 9.89. The molecule has 5 nitrogen and oxygen atoms in total. The van der Waals surface area contributed by atoms with Crippen molar-refractivity contribution in [1.29, 1.82) is 5.26 Å². The van der Waals surface area contributed by atoms with E-state index < -0.39 is 0 Å². The topological polar surface area (TPSA) is 54.1 Å². The molecule has 0 aliphatic rings. The summed E-state index contributed by atoms with van der Waals surface area (Å²) in [6.45, 7) is 1.83. The van der Waals surface area contributed by atoms with Crippen molar-refractivity contribution >= 4 is 11.5 Å². The van der Waals surface area contributed by atoms with Gasteiger partial charge >= 0.3 is 0 Å². The smallest absolute Gasteiger partial charge is 0.149 e. The minimum absolute atomic E-state index is 0.580. The lowest BCUT2D eigenvalue weighted by Gasteiger charge is -2.21. The van der Waals surface area contributed by atoms with Gasteiger partial charge in [0.25, 0.3) is 0 Å². The quantitative estimate of drug-likeness (QED) is 0.846. The molecule has 0 spiro atoms. The van der Waals surface area contributed by atoms with Crippen LogP contribution < -0.4 is 9.64 Å². The summed E-state index contributed by atoms with van der Waals surface area (Å²) >= 11 is 0. The molecule has 0 N–H and O–H groups in total. The van der Waals surface area contributed by atoms with Crippen molar-refractivity contribution in [2.45, 2.75) is 6.92 Å². The van der Waals surface area contributed by atoms with E-state index in [-0.39, 0.29) is 0 Å². The van der Waals surface area contributed by atoms with Gasteiger partial charge in [0.1, 0.15) is 23.2 Å². The van der Waals surface area contributed by atoms with Crippen LogP contribution in [0.3, 0.4) is 0 Å². The molecule has 1 aromatic heterocycles. The molecule has 98 valence electrons. The molecular weight excluding hydrogens is 240 g/mol. The van der Waals surface area contributed by atoms with Crippen LogP contribution in [0.4, 0.5) is 11.5 Å². The van der Waals surface area contributed by atoms with Crippen LogP contribution in [0.25, 0.3) is 0 Å². The average molecular weight is 256 g/mol. The lowest BCUT2D eigenvalue weighted by molar-refractivity contribution is 0.415. The zero-order valence-corrected chi connectivity index (χ0v) is 11.5. The van der Waals surface area contributed by atoms with E-state index in [1.54, 1.807) is 11.8 Å². The Morgan fingerprint density at radius 2 is 2.05 bits per heavy atom. The van der Waals surface area contributed by atoms with Crippen molar-refractivity contribution in [3.05, 3.63) is 35.5 Å². The van der Waals surface area contributed by atoms with Crippen molar-refractivity contribution in [3.63, 3.8) is 0 Å². The molecule has 0 radical (unpaired) electrons. The largest absolute Gasteiger partial charge is 0.495 e. The number of aryl methyl sites for hydroxylation is 2. The Bertz CT molecular complexity index is 639. The van der Waals surface area contributed by atoms with Crippen LogP contribution >= 0.6 is 0 Å². The molecule has 0 aliphatic heterocycles. The van der Waals surface area contributed by atoms with E-state index in [1.807, 2.05) is 50.2 Å². The first-order valence-corrected chi connectivity index (χ1v) is 5.90. The van der Waals surface area contributed by atoms with Crippen molar-refractivity contribution in [2.24, 2.45) is 7.05 Å². The van der Waals surface area contributed by atoms with Gasteiger partial charge in [-0.15, -0.1) is 0 Å². The summed E-state index contributed by atoms with van der Waals surface area (Å²) in [5.41, 5.74) is 2.20. The number of rotatable bonds is 3. The SMILES string of the molecule is COc1ccccc1N(C)c1c(C#N)c(C)nn1C. The Morgan fingerprint density at radius 3 is 2.68 bits per heavy atom. The molecule has 0 saturated carbocycles. The highest BCUT2D eigenvalue weighted by molar-refractivity contribution is 5.71. The minimum atomic E-state index is 0.580. The summed E-state index contributed by atoms with van der Waals surface area (Å²) in [4.78, 5) is 1.91. The lowest BCUT2D eigenvalue weighted by Crippen LogP contribution is -2.15. The van der Waals surface area contributed by atoms with E-state index in [9.17, 15) is 5.26 Å². The molecule has 1 aromatic carbocycles. The first-order valence-electron chi connectivity index (χ1n) is 5.90. The maximum absolute atomic E-state index is 9.27. The van der Waals surface area contributed by atoms with Gasteiger partial charge in [-0.3, -0.25) is 4.68 Å². The van der Waals surface area contributed by atoms with Crippen LogP contribution in [0.15, 0.2) is 24.3 Å². The Labute approximate surface area is 112 Å². The second kappa shape index (κ2) is 5.02. The fourth-order valence-electron chi connectivity index (χ4n) is 2.18. The van der Waals surface area contributed by atoms with Crippen LogP contribution in [0.2, 0.25) is 0 Å². The highest BCUT2D eigenvalue weighted by atomic mass is 16.5. The number of methoxy groups -OCH3 is 1. The monoisotopic (exact) mass is 256 g/mol. The van der Waals surface area contributed by atoms with E-state index in [0.717, 1.165) is 22.9 Å². The number of anilines is 2. The fourth-order valence-corrected chi connectivity index (χ4v) is 2.18. The molecule has 0 amide bonds. The first-order chi connectivity index (χ1) is 9.10. The zero-order valence-electron chi connectivity index (χ0n) is 11.5. The van der Waals surface area contributed by atoms with E-state index in [1.165, 1.54) is 0 Å². The number of nitriles is 1. The van der Waals surface area contributed by atoms with Crippen LogP contribution in [0.1, 0.15) is 11.3 Å². The van der Waals surface area contributed by atoms with Gasteiger partial charge in [-0.25, -0.2) is 0 Å². The molecule has 5 heteroatoms. The maximum Gasteiger partial charge on any atom is 0.149 e. The third-order valence-electron chi connectivity index (χ3n) is 3.07. The predicted octanol–water partition coefficient (Wildman–Crippen LogP) is 2.38. The van der Waals surface area contributed by atoms with Crippen LogP contribution in [0, 0.1) is 18.3 Å². The molecule has 2 aromatic rings. The van der Waals surface area contributed by atoms with Gasteiger partial charge < -0.3 is 9.64 Å². The Kier molecular flexibility index (Phi) is 3.43. The molecule has 2 rings (SSSR count). The van der Waals surface area contributed by atoms with Crippen molar-refractivity contribution in [3.8, 4) is 11.8 Å². The third kappa shape index (κ3) is 2.13. The van der Waals surface area contributed by atoms with Crippen LogP contribution in [-0.4, -0.2) is 23.9 Å². The number of benzene rings is 1. The van der Waals surface area contributed by atoms with Crippen molar-refractivity contribution in [2.75, 3.05) is 19.1 Å². The van der Waals surface area contributed by atoms with Gasteiger partial charge in [-0.05, 0) is 19.1 Å². The summed E-state index contributed by atoms with van der Waals surface area (Å²) < 4.78 is 7.06. The molecule has 0 bridgehead atoms. The molecule has 0 saturated heterocycles. The Balaban J connectivity index is 2.57. The highest BCUT2D eigenvalue weighted by Crippen LogP contribution is 2.34. The summed E-state index contributed by atoms with van der Waals surface area (Å²) in [5, 5.41) is 13.6. The van der Waals surface area contributed by atoms with Gasteiger partial charge in [-0.2, -0.15) is 10.4 Å². The molecule has 0 fully saturated rings. The van der Waals surface area contributed by atoms with Crippen LogP contribution in [0.5, 0.6) is 5.75 Å². The molecule has 19 heavy (non-hydrogen) atoms. The first kappa shape index (κ1) is 13.0. The number of ether oxygens (including phenoxy) is 1. The Hall–Kier alpha value is -2.48. The van der Waals surface area contributed by atoms with E-state index in [0.29, 0.717) is 5.56 Å². The molecule has 0 atom stereocenters. The van der Waals surface area contributed by atoms with Gasteiger partial charge in [-0.1, -0.05) is 12.1 Å². The number of aromatic nitrogens is 2. The van der Waals surface area contributed by atoms with Crippen molar-refractivity contribution in [1.82, 2.24) is 9.78 Å². The second-order valence-corrected chi connectivity index (χ2v) is 4.25. The van der Waals surface area contributed by atoms with E-state index >= 15 is 0 Å². The molecule has 1 heterocycles. The number of hydrogen-bond acceptors (Lipinski definition) is 4. The predicted molar refractivity (Wildman–Crippen MR) is 73.7 cm³/mol. The molecule has 0 aliphatic carbocycles. The summed E-state index contributed by atoms with van der Waals surface area (Å²) in [7, 11) is 5.36. The molecular formula is C14H16N4O. The maximum atomic E-state index is 9.27. The van der Waals surface area contributed by atoms with Gasteiger partial charge in [0, 0.05) is 14.1 Å². The van der Waals surface area contributed by atoms with E-state index in [2.05, 4.69) is 11.2 Å². The number of hydrogen-bond donors (Lipinski definition) is 0. The Morgan fingerprint density at radius 1 is 1.37 bits per heavy atom. The second-order valence-electron chi connectivity index (χ2n) is 4.25.